The number of hydrogen-bond acceptors (Lipinski definition) is 6. The number of hydrogen-bond donors (Lipinski definition) is 1. The molecule has 1 N–H and O–H groups in total. The Kier molecular flexibility index (Phi) is 5.65. The van der Waals surface area contributed by atoms with Crippen LogP contribution in [0.5, 0.6) is 0 Å². The number of carbonyl (C=O) groups excluding carboxylic acids is 1. The van der Waals surface area contributed by atoms with Crippen molar-refractivity contribution in [3.63, 3.8) is 0 Å². The van der Waals surface area contributed by atoms with Crippen molar-refractivity contribution in [2.75, 3.05) is 36.0 Å². The normalized spacial score (nSPS) is 15.1. The number of aromatic nitrogens is 3. The van der Waals surface area contributed by atoms with Gasteiger partial charge in [0.25, 0.3) is 5.91 Å². The number of piperazine rings is 1. The first-order valence-electron chi connectivity index (χ1n) is 9.78. The van der Waals surface area contributed by atoms with Crippen LogP contribution >= 0.6 is 0 Å². The zero-order valence-electron chi connectivity index (χ0n) is 16.4. The zero-order valence-corrected chi connectivity index (χ0v) is 16.4. The van der Waals surface area contributed by atoms with Crippen molar-refractivity contribution in [3.8, 4) is 0 Å². The summed E-state index contributed by atoms with van der Waals surface area (Å²) in [7, 11) is 0. The van der Waals surface area contributed by atoms with Crippen LogP contribution in [0.15, 0.2) is 67.3 Å². The van der Waals surface area contributed by atoms with Crippen LogP contribution < -0.4 is 15.1 Å². The minimum Gasteiger partial charge on any atom is -0.367 e. The van der Waals surface area contributed by atoms with Crippen molar-refractivity contribution in [1.29, 1.82) is 0 Å². The molecule has 148 valence electrons. The van der Waals surface area contributed by atoms with Crippen molar-refractivity contribution in [1.82, 2.24) is 20.3 Å². The van der Waals surface area contributed by atoms with E-state index in [9.17, 15) is 4.79 Å². The van der Waals surface area contributed by atoms with E-state index in [-0.39, 0.29) is 11.9 Å². The Morgan fingerprint density at radius 1 is 0.966 bits per heavy atom. The molecule has 1 aliphatic heterocycles. The molecule has 7 heteroatoms. The fourth-order valence-electron chi connectivity index (χ4n) is 3.45. The van der Waals surface area contributed by atoms with Crippen LogP contribution in [-0.2, 0) is 0 Å². The third kappa shape index (κ3) is 4.51. The molecule has 3 heterocycles. The molecule has 0 aliphatic carbocycles. The molecule has 7 nitrogen and oxygen atoms in total. The summed E-state index contributed by atoms with van der Waals surface area (Å²) in [5.41, 5.74) is 2.60. The maximum Gasteiger partial charge on any atom is 0.253 e. The van der Waals surface area contributed by atoms with E-state index in [1.807, 2.05) is 55.6 Å². The average molecular weight is 388 g/mol. The van der Waals surface area contributed by atoms with Gasteiger partial charge >= 0.3 is 0 Å². The third-order valence-electron chi connectivity index (χ3n) is 5.11. The summed E-state index contributed by atoms with van der Waals surface area (Å²) in [4.78, 5) is 30.1. The summed E-state index contributed by atoms with van der Waals surface area (Å²) in [6, 6.07) is 13.6. The van der Waals surface area contributed by atoms with Gasteiger partial charge < -0.3 is 15.1 Å². The Bertz CT molecular complexity index is 942. The third-order valence-corrected chi connectivity index (χ3v) is 5.11. The Hall–Kier alpha value is -3.48. The molecule has 1 amide bonds. The molecule has 1 atom stereocenters. The van der Waals surface area contributed by atoms with E-state index in [1.54, 1.807) is 18.6 Å². The van der Waals surface area contributed by atoms with Gasteiger partial charge in [0.1, 0.15) is 0 Å². The lowest BCUT2D eigenvalue weighted by Gasteiger charge is -2.35. The number of anilines is 2. The van der Waals surface area contributed by atoms with Gasteiger partial charge in [0.05, 0.1) is 23.5 Å². The Labute approximate surface area is 170 Å². The molecule has 0 bridgehead atoms. The number of amides is 1. The van der Waals surface area contributed by atoms with Gasteiger partial charge in [-0.3, -0.25) is 9.78 Å². The molecule has 0 saturated carbocycles. The summed E-state index contributed by atoms with van der Waals surface area (Å²) in [5.74, 6) is 0.639. The van der Waals surface area contributed by atoms with Gasteiger partial charge in [-0.2, -0.15) is 0 Å². The topological polar surface area (TPSA) is 74.2 Å². The van der Waals surface area contributed by atoms with Crippen molar-refractivity contribution in [2.24, 2.45) is 0 Å². The van der Waals surface area contributed by atoms with Gasteiger partial charge in [-0.1, -0.05) is 30.3 Å². The van der Waals surface area contributed by atoms with Crippen LogP contribution in [0, 0.1) is 0 Å². The smallest absolute Gasteiger partial charge is 0.253 e. The number of carbonyl (C=O) groups is 1. The minimum atomic E-state index is -0.118. The first kappa shape index (κ1) is 18.9. The number of nitrogens with one attached hydrogen (secondary N) is 1. The SMILES string of the molecule is CC(NC(=O)c1cncc(N2CCN(c3ncccn3)CC2)c1)c1ccccc1. The van der Waals surface area contributed by atoms with E-state index in [4.69, 9.17) is 0 Å². The average Bonchev–Trinajstić information content (AvgIpc) is 2.80. The summed E-state index contributed by atoms with van der Waals surface area (Å²) in [5, 5.41) is 3.05. The van der Waals surface area contributed by atoms with Crippen LogP contribution in [0.1, 0.15) is 28.9 Å². The highest BCUT2D eigenvalue weighted by atomic mass is 16.1. The van der Waals surface area contributed by atoms with E-state index in [0.29, 0.717) is 5.56 Å². The fourth-order valence-corrected chi connectivity index (χ4v) is 3.45. The lowest BCUT2D eigenvalue weighted by atomic mass is 10.1. The van der Waals surface area contributed by atoms with E-state index < -0.39 is 0 Å². The highest BCUT2D eigenvalue weighted by Gasteiger charge is 2.20. The molecule has 1 saturated heterocycles. The maximum absolute atomic E-state index is 12.7. The molecule has 1 unspecified atom stereocenters. The second kappa shape index (κ2) is 8.68. The summed E-state index contributed by atoms with van der Waals surface area (Å²) in [6.45, 7) is 5.28. The van der Waals surface area contributed by atoms with Crippen molar-refractivity contribution in [3.05, 3.63) is 78.4 Å². The van der Waals surface area contributed by atoms with Crippen LogP contribution in [0.2, 0.25) is 0 Å². The van der Waals surface area contributed by atoms with Crippen LogP contribution in [0.4, 0.5) is 11.6 Å². The molecule has 0 radical (unpaired) electrons. The lowest BCUT2D eigenvalue weighted by molar-refractivity contribution is 0.0939. The number of rotatable bonds is 5. The van der Waals surface area contributed by atoms with E-state index in [1.165, 1.54) is 0 Å². The van der Waals surface area contributed by atoms with Crippen molar-refractivity contribution < 1.29 is 4.79 Å². The highest BCUT2D eigenvalue weighted by molar-refractivity contribution is 5.95. The summed E-state index contributed by atoms with van der Waals surface area (Å²) in [6.07, 6.45) is 6.95. The van der Waals surface area contributed by atoms with Gasteiger partial charge in [-0.25, -0.2) is 9.97 Å². The maximum atomic E-state index is 12.7. The molecule has 2 aromatic heterocycles. The molecule has 3 aromatic rings. The molecule has 4 rings (SSSR count). The number of benzene rings is 1. The van der Waals surface area contributed by atoms with Gasteiger partial charge in [0.15, 0.2) is 0 Å². The monoisotopic (exact) mass is 388 g/mol. The predicted octanol–water partition coefficient (Wildman–Crippen LogP) is 2.69. The molecule has 1 fully saturated rings. The minimum absolute atomic E-state index is 0.0678. The van der Waals surface area contributed by atoms with E-state index in [0.717, 1.165) is 43.4 Å². The summed E-state index contributed by atoms with van der Waals surface area (Å²) >= 11 is 0. The molecule has 29 heavy (non-hydrogen) atoms. The van der Waals surface area contributed by atoms with E-state index >= 15 is 0 Å². The highest BCUT2D eigenvalue weighted by Crippen LogP contribution is 2.19. The van der Waals surface area contributed by atoms with Crippen LogP contribution in [-0.4, -0.2) is 47.0 Å². The first-order valence-corrected chi connectivity index (χ1v) is 9.78. The first-order chi connectivity index (χ1) is 14.2. The fraction of sp³-hybridized carbons (Fsp3) is 0.273. The molecular weight excluding hydrogens is 364 g/mol. The summed E-state index contributed by atoms with van der Waals surface area (Å²) < 4.78 is 0. The Morgan fingerprint density at radius 2 is 1.66 bits per heavy atom. The quantitative estimate of drug-likeness (QED) is 0.724. The lowest BCUT2D eigenvalue weighted by Crippen LogP contribution is -2.47. The Balaban J connectivity index is 1.39. The zero-order chi connectivity index (χ0) is 20.1. The molecule has 1 aliphatic rings. The van der Waals surface area contributed by atoms with Gasteiger partial charge in [-0.05, 0) is 24.6 Å². The number of pyridine rings is 1. The standard InChI is InChI=1S/C22H24N6O/c1-17(18-6-3-2-4-7-18)26-21(29)19-14-20(16-23-15-19)27-10-12-28(13-11-27)22-24-8-5-9-25-22/h2-9,14-17H,10-13H2,1H3,(H,26,29). The second-order valence-electron chi connectivity index (χ2n) is 7.06. The van der Waals surface area contributed by atoms with Crippen molar-refractivity contribution in [2.45, 2.75) is 13.0 Å². The molecular formula is C22H24N6O. The van der Waals surface area contributed by atoms with Gasteiger partial charge in [-0.15, -0.1) is 0 Å². The van der Waals surface area contributed by atoms with Crippen molar-refractivity contribution >= 4 is 17.5 Å². The molecule has 0 spiro atoms. The Morgan fingerprint density at radius 3 is 2.38 bits per heavy atom. The van der Waals surface area contributed by atoms with E-state index in [2.05, 4.69) is 30.1 Å². The number of nitrogens with zero attached hydrogens (tertiary/aromatic N) is 5. The second-order valence-corrected chi connectivity index (χ2v) is 7.06. The predicted molar refractivity (Wildman–Crippen MR) is 113 cm³/mol. The van der Waals surface area contributed by atoms with Gasteiger partial charge in [0, 0.05) is 44.8 Å². The molecule has 1 aromatic carbocycles. The van der Waals surface area contributed by atoms with Crippen LogP contribution in [0.3, 0.4) is 0 Å². The van der Waals surface area contributed by atoms with Gasteiger partial charge in [0.2, 0.25) is 5.95 Å². The van der Waals surface area contributed by atoms with Crippen LogP contribution in [0.25, 0.3) is 0 Å². The largest absolute Gasteiger partial charge is 0.367 e.